The molecular formula is C13H12BrNO4. The minimum atomic E-state index is -1.13. The molecule has 0 spiro atoms. The fraction of sp³-hybridized carbons (Fsp3) is 0.308. The van der Waals surface area contributed by atoms with Crippen molar-refractivity contribution >= 4 is 33.7 Å². The molecule has 0 aromatic heterocycles. The Balaban J connectivity index is 2.14. The smallest absolute Gasteiger partial charge is 0.326 e. The molecule has 0 saturated carbocycles. The van der Waals surface area contributed by atoms with Gasteiger partial charge in [0.15, 0.2) is 0 Å². The second kappa shape index (κ2) is 5.52. The maximum atomic E-state index is 12.1. The van der Waals surface area contributed by atoms with Crippen LogP contribution in [-0.4, -0.2) is 33.8 Å². The summed E-state index contributed by atoms with van der Waals surface area (Å²) in [7, 11) is 0. The average molecular weight is 326 g/mol. The number of amides is 2. The molecule has 5 nitrogen and oxygen atoms in total. The van der Waals surface area contributed by atoms with Gasteiger partial charge in [-0.1, -0.05) is 28.1 Å². The zero-order valence-corrected chi connectivity index (χ0v) is 11.6. The van der Waals surface area contributed by atoms with Crippen molar-refractivity contribution in [2.75, 3.05) is 0 Å². The lowest BCUT2D eigenvalue weighted by atomic mass is 10.1. The van der Waals surface area contributed by atoms with E-state index in [1.54, 1.807) is 18.2 Å². The molecule has 1 heterocycles. The first kappa shape index (κ1) is 13.7. The van der Waals surface area contributed by atoms with Crippen molar-refractivity contribution in [2.45, 2.75) is 25.3 Å². The highest BCUT2D eigenvalue weighted by Gasteiger charge is 2.39. The molecule has 2 rings (SSSR count). The van der Waals surface area contributed by atoms with Gasteiger partial charge in [-0.2, -0.15) is 0 Å². The van der Waals surface area contributed by atoms with Crippen LogP contribution in [0.15, 0.2) is 28.7 Å². The first-order valence-electron chi connectivity index (χ1n) is 5.81. The summed E-state index contributed by atoms with van der Waals surface area (Å²) in [5.74, 6) is -2.01. The van der Waals surface area contributed by atoms with Gasteiger partial charge in [-0.25, -0.2) is 4.79 Å². The van der Waals surface area contributed by atoms with E-state index in [0.717, 1.165) is 14.9 Å². The minimum Gasteiger partial charge on any atom is -0.480 e. The van der Waals surface area contributed by atoms with Gasteiger partial charge in [0.25, 0.3) is 0 Å². The monoisotopic (exact) mass is 325 g/mol. The number of halogens is 1. The molecule has 1 aromatic rings. The number of hydrogen-bond acceptors (Lipinski definition) is 3. The highest BCUT2D eigenvalue weighted by atomic mass is 79.9. The predicted molar refractivity (Wildman–Crippen MR) is 70.4 cm³/mol. The predicted octanol–water partition coefficient (Wildman–Crippen LogP) is 1.59. The Labute approximate surface area is 118 Å². The van der Waals surface area contributed by atoms with E-state index in [-0.39, 0.29) is 19.3 Å². The number of rotatable bonds is 3. The van der Waals surface area contributed by atoms with Crippen LogP contribution >= 0.6 is 15.9 Å². The molecule has 19 heavy (non-hydrogen) atoms. The molecule has 0 radical (unpaired) electrons. The molecule has 1 aromatic carbocycles. The number of carboxylic acid groups (broad SMARTS) is 1. The first-order valence-corrected chi connectivity index (χ1v) is 6.60. The third-order valence-electron chi connectivity index (χ3n) is 3.01. The number of imide groups is 1. The summed E-state index contributed by atoms with van der Waals surface area (Å²) < 4.78 is 0.834. The minimum absolute atomic E-state index is 0.0228. The summed E-state index contributed by atoms with van der Waals surface area (Å²) in [5, 5.41) is 9.01. The summed E-state index contributed by atoms with van der Waals surface area (Å²) in [6.45, 7) is 0. The highest BCUT2D eigenvalue weighted by molar-refractivity contribution is 9.10. The van der Waals surface area contributed by atoms with Crippen LogP contribution in [0.4, 0.5) is 0 Å². The van der Waals surface area contributed by atoms with Crippen LogP contribution in [0, 0.1) is 0 Å². The van der Waals surface area contributed by atoms with Gasteiger partial charge in [0.05, 0.1) is 6.42 Å². The lowest BCUT2D eigenvalue weighted by molar-refractivity contribution is -0.153. The summed E-state index contributed by atoms with van der Waals surface area (Å²) in [4.78, 5) is 35.6. The van der Waals surface area contributed by atoms with Gasteiger partial charge < -0.3 is 5.11 Å². The summed E-state index contributed by atoms with van der Waals surface area (Å²) in [5.41, 5.74) is 0.739. The zero-order valence-electron chi connectivity index (χ0n) is 10.0. The molecule has 6 heteroatoms. The Morgan fingerprint density at radius 1 is 1.42 bits per heavy atom. The molecule has 100 valence electrons. The van der Waals surface area contributed by atoms with Crippen molar-refractivity contribution in [1.82, 2.24) is 4.90 Å². The number of hydrogen-bond donors (Lipinski definition) is 1. The Hall–Kier alpha value is -1.69. The van der Waals surface area contributed by atoms with E-state index in [1.165, 1.54) is 0 Å². The van der Waals surface area contributed by atoms with Crippen LogP contribution in [0.25, 0.3) is 0 Å². The Kier molecular flexibility index (Phi) is 3.99. The molecule has 1 N–H and O–H groups in total. The van der Waals surface area contributed by atoms with Crippen LogP contribution in [0.1, 0.15) is 18.4 Å². The molecular weight excluding hydrogens is 314 g/mol. The SMILES string of the molecule is O=C(O)C1CCC(=O)N1C(=O)Cc1cccc(Br)c1. The molecule has 2 amide bonds. The molecule has 1 fully saturated rings. The summed E-state index contributed by atoms with van der Waals surface area (Å²) in [6, 6.07) is 6.13. The van der Waals surface area contributed by atoms with E-state index in [4.69, 9.17) is 5.11 Å². The second-order valence-corrected chi connectivity index (χ2v) is 5.27. The van der Waals surface area contributed by atoms with Gasteiger partial charge >= 0.3 is 5.97 Å². The standard InChI is InChI=1S/C13H12BrNO4/c14-9-3-1-2-8(6-9)7-12(17)15-10(13(18)19)4-5-11(15)16/h1-3,6,10H,4-5,7H2,(H,18,19). The number of likely N-dealkylation sites (tertiary alicyclic amines) is 1. The molecule has 1 aliphatic rings. The second-order valence-electron chi connectivity index (χ2n) is 4.36. The van der Waals surface area contributed by atoms with E-state index in [2.05, 4.69) is 15.9 Å². The van der Waals surface area contributed by atoms with Gasteiger partial charge in [0, 0.05) is 10.9 Å². The molecule has 0 bridgehead atoms. The van der Waals surface area contributed by atoms with Gasteiger partial charge in [-0.15, -0.1) is 0 Å². The van der Waals surface area contributed by atoms with Crippen molar-refractivity contribution in [1.29, 1.82) is 0 Å². The number of benzene rings is 1. The van der Waals surface area contributed by atoms with Crippen LogP contribution in [0.3, 0.4) is 0 Å². The number of carbonyl (C=O) groups excluding carboxylic acids is 2. The fourth-order valence-corrected chi connectivity index (χ4v) is 2.58. The number of aliphatic carboxylic acids is 1. The van der Waals surface area contributed by atoms with Crippen molar-refractivity contribution in [3.8, 4) is 0 Å². The van der Waals surface area contributed by atoms with Crippen LogP contribution < -0.4 is 0 Å². The zero-order chi connectivity index (χ0) is 14.0. The van der Waals surface area contributed by atoms with Gasteiger partial charge in [0.1, 0.15) is 6.04 Å². The van der Waals surface area contributed by atoms with E-state index < -0.39 is 23.8 Å². The maximum absolute atomic E-state index is 12.1. The van der Waals surface area contributed by atoms with Gasteiger partial charge in [0.2, 0.25) is 11.8 Å². The molecule has 1 saturated heterocycles. The number of carboxylic acids is 1. The van der Waals surface area contributed by atoms with Crippen LogP contribution in [0.2, 0.25) is 0 Å². The van der Waals surface area contributed by atoms with Crippen molar-refractivity contribution in [3.63, 3.8) is 0 Å². The normalized spacial score (nSPS) is 18.7. The molecule has 0 aliphatic carbocycles. The Bertz CT molecular complexity index is 543. The highest BCUT2D eigenvalue weighted by Crippen LogP contribution is 2.21. The summed E-state index contributed by atoms with van der Waals surface area (Å²) in [6.07, 6.45) is 0.328. The summed E-state index contributed by atoms with van der Waals surface area (Å²) >= 11 is 3.30. The molecule has 1 aliphatic heterocycles. The van der Waals surface area contributed by atoms with Crippen molar-refractivity contribution in [2.24, 2.45) is 0 Å². The third-order valence-corrected chi connectivity index (χ3v) is 3.50. The molecule has 1 atom stereocenters. The fourth-order valence-electron chi connectivity index (χ4n) is 2.14. The van der Waals surface area contributed by atoms with Crippen molar-refractivity contribution < 1.29 is 19.5 Å². The number of carbonyl (C=O) groups is 3. The van der Waals surface area contributed by atoms with E-state index in [0.29, 0.717) is 0 Å². The average Bonchev–Trinajstić information content (AvgIpc) is 2.71. The van der Waals surface area contributed by atoms with Crippen LogP contribution in [-0.2, 0) is 20.8 Å². The van der Waals surface area contributed by atoms with Crippen molar-refractivity contribution in [3.05, 3.63) is 34.3 Å². The maximum Gasteiger partial charge on any atom is 0.326 e. The molecule has 1 unspecified atom stereocenters. The Morgan fingerprint density at radius 2 is 2.16 bits per heavy atom. The van der Waals surface area contributed by atoms with Gasteiger partial charge in [-0.05, 0) is 24.1 Å². The largest absolute Gasteiger partial charge is 0.480 e. The lowest BCUT2D eigenvalue weighted by Gasteiger charge is -2.19. The van der Waals surface area contributed by atoms with Gasteiger partial charge in [-0.3, -0.25) is 14.5 Å². The topological polar surface area (TPSA) is 74.7 Å². The quantitative estimate of drug-likeness (QED) is 0.915. The van der Waals surface area contributed by atoms with Crippen LogP contribution in [0.5, 0.6) is 0 Å². The van der Waals surface area contributed by atoms with E-state index in [9.17, 15) is 14.4 Å². The van der Waals surface area contributed by atoms with E-state index >= 15 is 0 Å². The first-order chi connectivity index (χ1) is 8.99. The lowest BCUT2D eigenvalue weighted by Crippen LogP contribution is -2.43. The Morgan fingerprint density at radius 3 is 2.79 bits per heavy atom. The number of nitrogens with zero attached hydrogens (tertiary/aromatic N) is 1. The van der Waals surface area contributed by atoms with E-state index in [1.807, 2.05) is 6.07 Å². The third kappa shape index (κ3) is 3.01.